The van der Waals surface area contributed by atoms with Crippen LogP contribution in [-0.2, 0) is 4.79 Å². The van der Waals surface area contributed by atoms with Gasteiger partial charge in [0.15, 0.2) is 0 Å². The summed E-state index contributed by atoms with van der Waals surface area (Å²) < 4.78 is 0. The Hall–Kier alpha value is -2.04. The molecule has 1 aliphatic heterocycles. The average molecular weight is 275 g/mol. The largest absolute Gasteiger partial charge is 0.399 e. The molecule has 20 heavy (non-hydrogen) atoms. The number of amides is 2. The standard InChI is InChI=1S/C15H21N3O2/c1-10-9-11(5-6-12(10)16)13(19)18-8-7-17(4)14(20)15(18,2)3/h5-6,9H,7-8,16H2,1-4H3. The summed E-state index contributed by atoms with van der Waals surface area (Å²) in [5, 5.41) is 0. The number of aryl methyl sites for hydroxylation is 1. The highest BCUT2D eigenvalue weighted by Crippen LogP contribution is 2.24. The number of likely N-dealkylation sites (N-methyl/N-ethyl adjacent to an activating group) is 1. The Morgan fingerprint density at radius 1 is 1.30 bits per heavy atom. The number of hydrogen-bond acceptors (Lipinski definition) is 3. The van der Waals surface area contributed by atoms with Crippen LogP contribution in [0.3, 0.4) is 0 Å². The number of benzene rings is 1. The molecule has 0 aliphatic carbocycles. The van der Waals surface area contributed by atoms with Crippen LogP contribution in [0.15, 0.2) is 18.2 Å². The lowest BCUT2D eigenvalue weighted by atomic mass is 9.96. The minimum absolute atomic E-state index is 0.0377. The van der Waals surface area contributed by atoms with Crippen LogP contribution in [0.5, 0.6) is 0 Å². The molecule has 1 heterocycles. The fourth-order valence-corrected chi connectivity index (χ4v) is 2.53. The molecule has 1 aliphatic rings. The molecule has 0 bridgehead atoms. The molecular formula is C15H21N3O2. The molecule has 5 heteroatoms. The van der Waals surface area contributed by atoms with Crippen molar-refractivity contribution in [1.29, 1.82) is 0 Å². The zero-order chi connectivity index (χ0) is 15.1. The van der Waals surface area contributed by atoms with Crippen LogP contribution in [0.2, 0.25) is 0 Å². The lowest BCUT2D eigenvalue weighted by molar-refractivity contribution is -0.144. The molecule has 1 aromatic carbocycles. The fourth-order valence-electron chi connectivity index (χ4n) is 2.53. The van der Waals surface area contributed by atoms with Gasteiger partial charge in [0.2, 0.25) is 5.91 Å². The topological polar surface area (TPSA) is 66.6 Å². The third kappa shape index (κ3) is 2.24. The van der Waals surface area contributed by atoms with Crippen molar-refractivity contribution in [2.75, 3.05) is 25.9 Å². The summed E-state index contributed by atoms with van der Waals surface area (Å²) in [6.07, 6.45) is 0. The van der Waals surface area contributed by atoms with Gasteiger partial charge >= 0.3 is 0 Å². The first-order chi connectivity index (χ1) is 9.25. The lowest BCUT2D eigenvalue weighted by Crippen LogP contribution is -2.63. The number of carbonyl (C=O) groups is 2. The predicted molar refractivity (Wildman–Crippen MR) is 78.3 cm³/mol. The van der Waals surface area contributed by atoms with Gasteiger partial charge in [0.05, 0.1) is 0 Å². The van der Waals surface area contributed by atoms with Crippen LogP contribution in [0, 0.1) is 6.92 Å². The second-order valence-electron chi connectivity index (χ2n) is 5.81. The lowest BCUT2D eigenvalue weighted by Gasteiger charge is -2.44. The van der Waals surface area contributed by atoms with Crippen LogP contribution in [0.25, 0.3) is 0 Å². The fraction of sp³-hybridized carbons (Fsp3) is 0.467. The summed E-state index contributed by atoms with van der Waals surface area (Å²) in [5.41, 5.74) is 7.06. The molecule has 0 spiro atoms. The summed E-state index contributed by atoms with van der Waals surface area (Å²) >= 11 is 0. The van der Waals surface area contributed by atoms with E-state index in [1.165, 1.54) is 0 Å². The van der Waals surface area contributed by atoms with Crippen molar-refractivity contribution in [3.8, 4) is 0 Å². The number of rotatable bonds is 1. The first kappa shape index (κ1) is 14.4. The molecule has 108 valence electrons. The summed E-state index contributed by atoms with van der Waals surface area (Å²) in [5.74, 6) is -0.163. The SMILES string of the molecule is Cc1cc(C(=O)N2CCN(C)C(=O)C2(C)C)ccc1N. The van der Waals surface area contributed by atoms with Crippen LogP contribution in [0.4, 0.5) is 5.69 Å². The number of nitrogen functional groups attached to an aromatic ring is 1. The molecule has 2 N–H and O–H groups in total. The Morgan fingerprint density at radius 3 is 2.55 bits per heavy atom. The molecule has 0 saturated carbocycles. The molecule has 1 fully saturated rings. The number of carbonyl (C=O) groups excluding carboxylic acids is 2. The van der Waals surface area contributed by atoms with Crippen molar-refractivity contribution < 1.29 is 9.59 Å². The third-order valence-electron chi connectivity index (χ3n) is 3.97. The van der Waals surface area contributed by atoms with E-state index in [9.17, 15) is 9.59 Å². The number of nitrogens with zero attached hydrogens (tertiary/aromatic N) is 2. The first-order valence-corrected chi connectivity index (χ1v) is 6.69. The zero-order valence-electron chi connectivity index (χ0n) is 12.4. The van der Waals surface area contributed by atoms with Crippen molar-refractivity contribution >= 4 is 17.5 Å². The maximum atomic E-state index is 12.6. The normalized spacial score (nSPS) is 18.3. The average Bonchev–Trinajstić information content (AvgIpc) is 2.39. The van der Waals surface area contributed by atoms with Gasteiger partial charge in [0, 0.05) is 31.4 Å². The van der Waals surface area contributed by atoms with Crippen molar-refractivity contribution in [3.05, 3.63) is 29.3 Å². The summed E-state index contributed by atoms with van der Waals surface area (Å²) in [6.45, 7) is 6.53. The highest BCUT2D eigenvalue weighted by atomic mass is 16.2. The van der Waals surface area contributed by atoms with Gasteiger partial charge in [0.25, 0.3) is 5.91 Å². The van der Waals surface area contributed by atoms with Crippen molar-refractivity contribution in [2.24, 2.45) is 0 Å². The van der Waals surface area contributed by atoms with Gasteiger partial charge in [-0.1, -0.05) is 0 Å². The van der Waals surface area contributed by atoms with Crippen molar-refractivity contribution in [2.45, 2.75) is 26.3 Å². The summed E-state index contributed by atoms with van der Waals surface area (Å²) in [7, 11) is 1.76. The van der Waals surface area contributed by atoms with E-state index in [0.717, 1.165) is 5.56 Å². The number of piperazine rings is 1. The molecule has 2 rings (SSSR count). The van der Waals surface area contributed by atoms with E-state index >= 15 is 0 Å². The highest BCUT2D eigenvalue weighted by molar-refractivity contribution is 6.00. The second-order valence-corrected chi connectivity index (χ2v) is 5.81. The molecular weight excluding hydrogens is 254 g/mol. The molecule has 0 atom stereocenters. The van der Waals surface area contributed by atoms with E-state index < -0.39 is 5.54 Å². The molecule has 1 aromatic rings. The zero-order valence-corrected chi connectivity index (χ0v) is 12.4. The van der Waals surface area contributed by atoms with E-state index in [4.69, 9.17) is 5.73 Å². The minimum Gasteiger partial charge on any atom is -0.399 e. The van der Waals surface area contributed by atoms with Gasteiger partial charge in [0.1, 0.15) is 5.54 Å². The molecule has 1 saturated heterocycles. The summed E-state index contributed by atoms with van der Waals surface area (Å²) in [4.78, 5) is 28.2. The Morgan fingerprint density at radius 2 is 1.95 bits per heavy atom. The van der Waals surface area contributed by atoms with Crippen LogP contribution < -0.4 is 5.73 Å². The molecule has 0 aromatic heterocycles. The van der Waals surface area contributed by atoms with Crippen molar-refractivity contribution in [1.82, 2.24) is 9.80 Å². The van der Waals surface area contributed by atoms with Crippen molar-refractivity contribution in [3.63, 3.8) is 0 Å². The molecule has 0 unspecified atom stereocenters. The number of anilines is 1. The maximum absolute atomic E-state index is 12.6. The van der Waals surface area contributed by atoms with Gasteiger partial charge in [-0.15, -0.1) is 0 Å². The highest BCUT2D eigenvalue weighted by Gasteiger charge is 2.43. The van der Waals surface area contributed by atoms with Gasteiger partial charge in [-0.2, -0.15) is 0 Å². The Bertz CT molecular complexity index is 566. The van der Waals surface area contributed by atoms with E-state index in [-0.39, 0.29) is 11.8 Å². The number of nitrogens with two attached hydrogens (primary N) is 1. The molecule has 2 amide bonds. The summed E-state index contributed by atoms with van der Waals surface area (Å²) in [6, 6.07) is 5.22. The van der Waals surface area contributed by atoms with Gasteiger partial charge in [-0.05, 0) is 44.5 Å². The van der Waals surface area contributed by atoms with E-state index in [2.05, 4.69) is 0 Å². The van der Waals surface area contributed by atoms with E-state index in [1.807, 2.05) is 6.92 Å². The Balaban J connectivity index is 2.33. The Kier molecular flexibility index (Phi) is 3.46. The van der Waals surface area contributed by atoms with Gasteiger partial charge < -0.3 is 15.5 Å². The van der Waals surface area contributed by atoms with Crippen LogP contribution in [-0.4, -0.2) is 47.3 Å². The minimum atomic E-state index is -0.820. The quantitative estimate of drug-likeness (QED) is 0.785. The monoisotopic (exact) mass is 275 g/mol. The van der Waals surface area contributed by atoms with Gasteiger partial charge in [-0.25, -0.2) is 0 Å². The number of hydrogen-bond donors (Lipinski definition) is 1. The first-order valence-electron chi connectivity index (χ1n) is 6.69. The smallest absolute Gasteiger partial charge is 0.254 e. The predicted octanol–water partition coefficient (Wildman–Crippen LogP) is 1.27. The second kappa shape index (κ2) is 4.81. The third-order valence-corrected chi connectivity index (χ3v) is 3.97. The van der Waals surface area contributed by atoms with Crippen LogP contribution >= 0.6 is 0 Å². The molecule has 0 radical (unpaired) electrons. The maximum Gasteiger partial charge on any atom is 0.254 e. The molecule has 5 nitrogen and oxygen atoms in total. The van der Waals surface area contributed by atoms with Crippen LogP contribution in [0.1, 0.15) is 29.8 Å². The van der Waals surface area contributed by atoms with Gasteiger partial charge in [-0.3, -0.25) is 9.59 Å². The van der Waals surface area contributed by atoms with E-state index in [1.54, 1.807) is 48.9 Å². The Labute approximate surface area is 119 Å². The van der Waals surface area contributed by atoms with E-state index in [0.29, 0.717) is 24.3 Å².